The number of hydrogen-bond donors (Lipinski definition) is 3. The number of benzene rings is 4. The third kappa shape index (κ3) is 10.2. The molecule has 0 spiro atoms. The van der Waals surface area contributed by atoms with Gasteiger partial charge in [-0.15, -0.1) is 0 Å². The summed E-state index contributed by atoms with van der Waals surface area (Å²) in [6, 6.07) is 25.9. The van der Waals surface area contributed by atoms with Crippen molar-refractivity contribution in [2.24, 2.45) is 5.92 Å². The van der Waals surface area contributed by atoms with E-state index >= 15 is 0 Å². The number of nitrogens with one attached hydrogen (secondary N) is 2. The van der Waals surface area contributed by atoms with Crippen molar-refractivity contribution < 1.29 is 28.9 Å². The van der Waals surface area contributed by atoms with Crippen molar-refractivity contribution in [3.63, 3.8) is 0 Å². The SMILES string of the molecule is COc1ccc(CN(C)C[C@H]2OCCCC[C@H](C)Oc3ccc(NC(=O)Nc4cccc5ccccc45)cc3C(=O)N([C@@H](C)CO)C[C@H]2C)cc1. The van der Waals surface area contributed by atoms with E-state index in [0.717, 1.165) is 42.3 Å². The molecule has 10 nitrogen and oxygen atoms in total. The number of likely N-dealkylation sites (N-methyl/N-ethyl adjacent to an activating group) is 1. The molecule has 3 amide bonds. The largest absolute Gasteiger partial charge is 0.497 e. The van der Waals surface area contributed by atoms with E-state index in [4.69, 9.17) is 14.2 Å². The van der Waals surface area contributed by atoms with Crippen LogP contribution in [0.3, 0.4) is 0 Å². The number of methoxy groups -OCH3 is 1. The molecule has 0 saturated heterocycles. The number of carbonyl (C=O) groups excluding carboxylic acids is 2. The first-order valence-corrected chi connectivity index (χ1v) is 17.9. The van der Waals surface area contributed by atoms with Gasteiger partial charge in [0.25, 0.3) is 5.91 Å². The zero-order valence-electron chi connectivity index (χ0n) is 30.4. The van der Waals surface area contributed by atoms with Crippen LogP contribution in [-0.4, -0.2) is 85.6 Å². The van der Waals surface area contributed by atoms with Gasteiger partial charge in [-0.05, 0) is 87.5 Å². The molecular formula is C41H52N4O6. The fourth-order valence-corrected chi connectivity index (χ4v) is 6.50. The molecule has 272 valence electrons. The Labute approximate surface area is 301 Å². The fourth-order valence-electron chi connectivity index (χ4n) is 6.50. The summed E-state index contributed by atoms with van der Waals surface area (Å²) in [4.78, 5) is 31.7. The van der Waals surface area contributed by atoms with E-state index in [0.29, 0.717) is 42.4 Å². The molecule has 0 radical (unpaired) electrons. The number of aliphatic hydroxyl groups excluding tert-OH is 1. The minimum absolute atomic E-state index is 0.0553. The van der Waals surface area contributed by atoms with Crippen LogP contribution >= 0.6 is 0 Å². The number of nitrogens with zero attached hydrogens (tertiary/aromatic N) is 2. The van der Waals surface area contributed by atoms with E-state index in [1.807, 2.05) is 68.4 Å². The highest BCUT2D eigenvalue weighted by Gasteiger charge is 2.30. The van der Waals surface area contributed by atoms with Crippen LogP contribution in [0, 0.1) is 5.92 Å². The Hall–Kier alpha value is -4.64. The first kappa shape index (κ1) is 37.6. The zero-order valence-corrected chi connectivity index (χ0v) is 30.4. The summed E-state index contributed by atoms with van der Waals surface area (Å²) >= 11 is 0. The summed E-state index contributed by atoms with van der Waals surface area (Å²) in [6.45, 7) is 8.08. The van der Waals surface area contributed by atoms with Crippen LogP contribution in [0.5, 0.6) is 11.5 Å². The Morgan fingerprint density at radius 3 is 2.55 bits per heavy atom. The van der Waals surface area contributed by atoms with E-state index in [2.05, 4.69) is 41.6 Å². The summed E-state index contributed by atoms with van der Waals surface area (Å²) in [5.74, 6) is 0.923. The monoisotopic (exact) mass is 696 g/mol. The number of hydrogen-bond acceptors (Lipinski definition) is 7. The average molecular weight is 697 g/mol. The van der Waals surface area contributed by atoms with Crippen LogP contribution in [0.25, 0.3) is 10.8 Å². The first-order chi connectivity index (χ1) is 24.6. The van der Waals surface area contributed by atoms with Crippen molar-refractivity contribution in [1.82, 2.24) is 9.80 Å². The lowest BCUT2D eigenvalue weighted by molar-refractivity contribution is -0.0177. The molecule has 4 aromatic rings. The van der Waals surface area contributed by atoms with Gasteiger partial charge < -0.3 is 34.9 Å². The van der Waals surface area contributed by atoms with Crippen molar-refractivity contribution in [3.8, 4) is 11.5 Å². The maximum absolute atomic E-state index is 14.5. The van der Waals surface area contributed by atoms with Crippen LogP contribution in [0.15, 0.2) is 84.9 Å². The summed E-state index contributed by atoms with van der Waals surface area (Å²) in [6.07, 6.45) is 2.28. The van der Waals surface area contributed by atoms with E-state index in [1.165, 1.54) is 5.56 Å². The van der Waals surface area contributed by atoms with Gasteiger partial charge in [-0.25, -0.2) is 4.79 Å². The lowest BCUT2D eigenvalue weighted by atomic mass is 10.0. The first-order valence-electron chi connectivity index (χ1n) is 17.9. The van der Waals surface area contributed by atoms with Gasteiger partial charge in [0.2, 0.25) is 0 Å². The standard InChI is InChI=1S/C41H52N4O6/c1-28-24-45(29(2)27-46)40(47)36-23-33(42-41(48)43-37-15-10-13-32-12-6-7-14-35(32)37)18-21-38(36)51-30(3)11-8-9-22-50-39(28)26-44(4)25-31-16-19-34(49-5)20-17-31/h6-7,10,12-21,23,28-30,39,46H,8-9,11,22,24-27H2,1-5H3,(H2,42,43,48)/t28-,29+,30+,39-/m1/s1. The zero-order chi connectivity index (χ0) is 36.3. The molecule has 0 saturated carbocycles. The van der Waals surface area contributed by atoms with Gasteiger partial charge in [-0.1, -0.05) is 55.5 Å². The van der Waals surface area contributed by atoms with Gasteiger partial charge in [0.15, 0.2) is 0 Å². The third-order valence-corrected chi connectivity index (χ3v) is 9.45. The normalized spacial score (nSPS) is 19.5. The minimum Gasteiger partial charge on any atom is -0.497 e. The van der Waals surface area contributed by atoms with Gasteiger partial charge in [0.1, 0.15) is 11.5 Å². The molecule has 4 atom stereocenters. The van der Waals surface area contributed by atoms with Crippen molar-refractivity contribution >= 4 is 34.1 Å². The molecular weight excluding hydrogens is 644 g/mol. The highest BCUT2D eigenvalue weighted by atomic mass is 16.5. The second kappa shape index (κ2) is 18.0. The lowest BCUT2D eigenvalue weighted by Gasteiger charge is -2.36. The molecule has 4 aromatic carbocycles. The Balaban J connectivity index is 1.37. The molecule has 0 unspecified atom stereocenters. The minimum atomic E-state index is -0.470. The van der Waals surface area contributed by atoms with Gasteiger partial charge in [0, 0.05) is 43.2 Å². The fraction of sp³-hybridized carbons (Fsp3) is 0.415. The highest BCUT2D eigenvalue weighted by Crippen LogP contribution is 2.29. The molecule has 0 aromatic heterocycles. The number of ether oxygens (including phenoxy) is 3. The smallest absolute Gasteiger partial charge is 0.323 e. The van der Waals surface area contributed by atoms with Crippen molar-refractivity contribution in [1.29, 1.82) is 0 Å². The number of amides is 3. The summed E-state index contributed by atoms with van der Waals surface area (Å²) in [5.41, 5.74) is 2.62. The van der Waals surface area contributed by atoms with Crippen LogP contribution in [-0.2, 0) is 11.3 Å². The number of fused-ring (bicyclic) bond motifs is 2. The molecule has 10 heteroatoms. The summed E-state index contributed by atoms with van der Waals surface area (Å²) in [5, 5.41) is 18.1. The number of rotatable bonds is 9. The van der Waals surface area contributed by atoms with Crippen molar-refractivity contribution in [2.75, 3.05) is 51.1 Å². The molecule has 1 aliphatic heterocycles. The molecule has 1 heterocycles. The Kier molecular flexibility index (Phi) is 13.3. The van der Waals surface area contributed by atoms with Gasteiger partial charge >= 0.3 is 6.03 Å². The Morgan fingerprint density at radius 1 is 1.02 bits per heavy atom. The van der Waals surface area contributed by atoms with Gasteiger partial charge in [-0.2, -0.15) is 0 Å². The molecule has 5 rings (SSSR count). The van der Waals surface area contributed by atoms with Crippen molar-refractivity contribution in [2.45, 2.75) is 64.8 Å². The Bertz CT molecular complexity index is 1740. The van der Waals surface area contributed by atoms with E-state index in [9.17, 15) is 14.7 Å². The van der Waals surface area contributed by atoms with Crippen molar-refractivity contribution in [3.05, 3.63) is 96.1 Å². The second-order valence-corrected chi connectivity index (χ2v) is 13.7. The highest BCUT2D eigenvalue weighted by molar-refractivity contribution is 6.07. The topological polar surface area (TPSA) is 113 Å². The molecule has 1 aliphatic rings. The number of anilines is 2. The lowest BCUT2D eigenvalue weighted by Crippen LogP contribution is -2.47. The van der Waals surface area contributed by atoms with E-state index < -0.39 is 12.1 Å². The second-order valence-electron chi connectivity index (χ2n) is 13.7. The quantitative estimate of drug-likeness (QED) is 0.167. The van der Waals surface area contributed by atoms with Gasteiger partial charge in [0.05, 0.1) is 43.2 Å². The molecule has 0 fully saturated rings. The molecule has 0 bridgehead atoms. The predicted octanol–water partition coefficient (Wildman–Crippen LogP) is 7.42. The average Bonchev–Trinajstić information content (AvgIpc) is 3.13. The van der Waals surface area contributed by atoms with Crippen LogP contribution in [0.2, 0.25) is 0 Å². The molecule has 51 heavy (non-hydrogen) atoms. The number of carbonyl (C=O) groups is 2. The third-order valence-electron chi connectivity index (χ3n) is 9.45. The van der Waals surface area contributed by atoms with E-state index in [-0.39, 0.29) is 30.6 Å². The van der Waals surface area contributed by atoms with Gasteiger partial charge in [-0.3, -0.25) is 9.69 Å². The predicted molar refractivity (Wildman–Crippen MR) is 203 cm³/mol. The maximum Gasteiger partial charge on any atom is 0.323 e. The summed E-state index contributed by atoms with van der Waals surface area (Å²) in [7, 11) is 3.74. The van der Waals surface area contributed by atoms with Crippen LogP contribution < -0.4 is 20.1 Å². The van der Waals surface area contributed by atoms with E-state index in [1.54, 1.807) is 30.2 Å². The molecule has 3 N–H and O–H groups in total. The Morgan fingerprint density at radius 2 is 1.78 bits per heavy atom. The summed E-state index contributed by atoms with van der Waals surface area (Å²) < 4.78 is 18.2. The number of aliphatic hydroxyl groups is 1. The van der Waals surface area contributed by atoms with Crippen LogP contribution in [0.1, 0.15) is 56.0 Å². The molecule has 0 aliphatic carbocycles. The maximum atomic E-state index is 14.5. The number of urea groups is 1. The van der Waals surface area contributed by atoms with Crippen LogP contribution in [0.4, 0.5) is 16.2 Å².